The molecule has 22 heavy (non-hydrogen) atoms. The van der Waals surface area contributed by atoms with Crippen molar-refractivity contribution in [2.45, 2.75) is 22.3 Å². The first-order chi connectivity index (χ1) is 10.5. The molecule has 1 heterocycles. The van der Waals surface area contributed by atoms with E-state index in [0.29, 0.717) is 22.6 Å². The second-order valence-corrected chi connectivity index (χ2v) is 7.74. The number of fused-ring (bicyclic) bond motifs is 1. The number of rotatable bonds is 3. The van der Waals surface area contributed by atoms with Crippen molar-refractivity contribution >= 4 is 21.8 Å². The molecule has 0 radical (unpaired) electrons. The molecular formula is C15H13F2NO2S2. The van der Waals surface area contributed by atoms with Gasteiger partial charge in [-0.1, -0.05) is 12.1 Å². The third kappa shape index (κ3) is 3.02. The van der Waals surface area contributed by atoms with E-state index in [0.717, 1.165) is 12.1 Å². The fourth-order valence-electron chi connectivity index (χ4n) is 2.38. The molecule has 0 aromatic heterocycles. The van der Waals surface area contributed by atoms with E-state index in [2.05, 4.69) is 4.72 Å². The van der Waals surface area contributed by atoms with Gasteiger partial charge >= 0.3 is 0 Å². The van der Waals surface area contributed by atoms with Gasteiger partial charge in [-0.3, -0.25) is 0 Å². The summed E-state index contributed by atoms with van der Waals surface area (Å²) in [5.74, 6) is -0.210. The standard InChI is InChI=1S/C15H13F2NO2S2/c16-10-4-6-11(7-5-10)22(19,20)18-14-8-9-21-15-12(14)2-1-3-13(15)17/h1-7,14,18H,8-9H2. The highest BCUT2D eigenvalue weighted by atomic mass is 32.2. The summed E-state index contributed by atoms with van der Waals surface area (Å²) in [5, 5.41) is 0. The average Bonchev–Trinajstić information content (AvgIpc) is 2.48. The van der Waals surface area contributed by atoms with Crippen molar-refractivity contribution in [1.29, 1.82) is 0 Å². The monoisotopic (exact) mass is 341 g/mol. The maximum atomic E-state index is 13.8. The lowest BCUT2D eigenvalue weighted by Gasteiger charge is -2.26. The van der Waals surface area contributed by atoms with Gasteiger partial charge in [-0.25, -0.2) is 21.9 Å². The topological polar surface area (TPSA) is 46.2 Å². The van der Waals surface area contributed by atoms with Crippen molar-refractivity contribution in [2.75, 3.05) is 5.75 Å². The zero-order chi connectivity index (χ0) is 15.7. The molecule has 116 valence electrons. The summed E-state index contributed by atoms with van der Waals surface area (Å²) < 4.78 is 54.0. The van der Waals surface area contributed by atoms with E-state index < -0.39 is 21.9 Å². The summed E-state index contributed by atoms with van der Waals surface area (Å²) in [4.78, 5) is 0.477. The maximum Gasteiger partial charge on any atom is 0.241 e. The first-order valence-electron chi connectivity index (χ1n) is 6.66. The molecule has 0 aliphatic carbocycles. The van der Waals surface area contributed by atoms with Gasteiger partial charge < -0.3 is 0 Å². The summed E-state index contributed by atoms with van der Waals surface area (Å²) in [5.41, 5.74) is 0.641. The van der Waals surface area contributed by atoms with Crippen molar-refractivity contribution in [3.05, 3.63) is 59.7 Å². The molecule has 1 aliphatic heterocycles. The molecule has 0 saturated heterocycles. The van der Waals surface area contributed by atoms with Crippen LogP contribution in [0, 0.1) is 11.6 Å². The summed E-state index contributed by atoms with van der Waals surface area (Å²) in [6.07, 6.45) is 0.571. The van der Waals surface area contributed by atoms with Crippen LogP contribution in [0.25, 0.3) is 0 Å². The van der Waals surface area contributed by atoms with Crippen LogP contribution >= 0.6 is 11.8 Å². The molecule has 1 N–H and O–H groups in total. The lowest BCUT2D eigenvalue weighted by atomic mass is 10.0. The van der Waals surface area contributed by atoms with Crippen LogP contribution in [-0.4, -0.2) is 14.2 Å². The van der Waals surface area contributed by atoms with Crippen LogP contribution < -0.4 is 4.72 Å². The average molecular weight is 341 g/mol. The smallest absolute Gasteiger partial charge is 0.207 e. The lowest BCUT2D eigenvalue weighted by molar-refractivity contribution is 0.533. The zero-order valence-corrected chi connectivity index (χ0v) is 13.1. The van der Waals surface area contributed by atoms with Gasteiger partial charge in [0, 0.05) is 10.9 Å². The molecule has 2 aromatic carbocycles. The second-order valence-electron chi connectivity index (χ2n) is 4.92. The van der Waals surface area contributed by atoms with E-state index >= 15 is 0 Å². The molecular weight excluding hydrogens is 328 g/mol. The Morgan fingerprint density at radius 2 is 1.82 bits per heavy atom. The Bertz CT molecular complexity index is 792. The van der Waals surface area contributed by atoms with Gasteiger partial charge in [0.15, 0.2) is 0 Å². The minimum Gasteiger partial charge on any atom is -0.207 e. The molecule has 7 heteroatoms. The van der Waals surface area contributed by atoms with E-state index in [9.17, 15) is 17.2 Å². The number of thioether (sulfide) groups is 1. The number of sulfonamides is 1. The first-order valence-corrected chi connectivity index (χ1v) is 9.13. The van der Waals surface area contributed by atoms with Gasteiger partial charge in [-0.05, 0) is 48.1 Å². The van der Waals surface area contributed by atoms with Crippen LogP contribution in [0.3, 0.4) is 0 Å². The van der Waals surface area contributed by atoms with Crippen LogP contribution in [0.4, 0.5) is 8.78 Å². The molecule has 1 unspecified atom stereocenters. The Morgan fingerprint density at radius 3 is 2.55 bits per heavy atom. The Balaban J connectivity index is 1.91. The van der Waals surface area contributed by atoms with Gasteiger partial charge in [0.2, 0.25) is 10.0 Å². The minimum absolute atomic E-state index is 0.00919. The van der Waals surface area contributed by atoms with Gasteiger partial charge in [-0.15, -0.1) is 11.8 Å². The molecule has 0 spiro atoms. The fourth-order valence-corrected chi connectivity index (χ4v) is 4.77. The summed E-state index contributed by atoms with van der Waals surface area (Å²) in [7, 11) is -3.78. The Labute approximate surface area is 131 Å². The highest BCUT2D eigenvalue weighted by Crippen LogP contribution is 2.38. The fraction of sp³-hybridized carbons (Fsp3) is 0.200. The predicted molar refractivity (Wildman–Crippen MR) is 81.2 cm³/mol. The van der Waals surface area contributed by atoms with Crippen molar-refractivity contribution in [3.63, 3.8) is 0 Å². The molecule has 0 bridgehead atoms. The van der Waals surface area contributed by atoms with Gasteiger partial charge in [0.25, 0.3) is 0 Å². The van der Waals surface area contributed by atoms with Crippen LogP contribution in [0.1, 0.15) is 18.0 Å². The van der Waals surface area contributed by atoms with Gasteiger partial charge in [0.1, 0.15) is 11.6 Å². The Morgan fingerprint density at radius 1 is 1.09 bits per heavy atom. The zero-order valence-electron chi connectivity index (χ0n) is 11.4. The Kier molecular flexibility index (Phi) is 4.20. The van der Waals surface area contributed by atoms with Gasteiger partial charge in [0.05, 0.1) is 4.90 Å². The molecule has 1 atom stereocenters. The van der Waals surface area contributed by atoms with E-state index in [4.69, 9.17) is 0 Å². The molecule has 3 rings (SSSR count). The number of halogens is 2. The summed E-state index contributed by atoms with van der Waals surface area (Å²) in [6.45, 7) is 0. The van der Waals surface area contributed by atoms with Crippen LogP contribution in [-0.2, 0) is 10.0 Å². The Hall–Kier alpha value is -1.44. The number of benzene rings is 2. The normalized spacial score (nSPS) is 18.0. The van der Waals surface area contributed by atoms with Gasteiger partial charge in [-0.2, -0.15) is 0 Å². The molecule has 0 fully saturated rings. The molecule has 0 saturated carbocycles. The molecule has 2 aromatic rings. The first kappa shape index (κ1) is 15.5. The van der Waals surface area contributed by atoms with Crippen LogP contribution in [0.15, 0.2) is 52.3 Å². The van der Waals surface area contributed by atoms with E-state index in [-0.39, 0.29) is 10.7 Å². The molecule has 0 amide bonds. The minimum atomic E-state index is -3.78. The maximum absolute atomic E-state index is 13.8. The van der Waals surface area contributed by atoms with Crippen molar-refractivity contribution in [3.8, 4) is 0 Å². The number of hydrogen-bond donors (Lipinski definition) is 1. The highest BCUT2D eigenvalue weighted by Gasteiger charge is 2.27. The largest absolute Gasteiger partial charge is 0.241 e. The third-order valence-corrected chi connectivity index (χ3v) is 6.09. The molecule has 1 aliphatic rings. The molecule has 3 nitrogen and oxygen atoms in total. The van der Waals surface area contributed by atoms with Crippen molar-refractivity contribution < 1.29 is 17.2 Å². The SMILES string of the molecule is O=S(=O)(NC1CCSc2c(F)cccc21)c1ccc(F)cc1. The second kappa shape index (κ2) is 5.98. The van der Waals surface area contributed by atoms with Crippen molar-refractivity contribution in [1.82, 2.24) is 4.72 Å². The highest BCUT2D eigenvalue weighted by molar-refractivity contribution is 7.99. The summed E-state index contributed by atoms with van der Waals surface area (Å²) in [6, 6.07) is 8.79. The van der Waals surface area contributed by atoms with Crippen LogP contribution in [0.2, 0.25) is 0 Å². The predicted octanol–water partition coefficient (Wildman–Crippen LogP) is 3.48. The summed E-state index contributed by atoms with van der Waals surface area (Å²) >= 11 is 1.38. The quantitative estimate of drug-likeness (QED) is 0.930. The van der Waals surface area contributed by atoms with E-state index in [1.165, 1.54) is 30.0 Å². The van der Waals surface area contributed by atoms with E-state index in [1.54, 1.807) is 12.1 Å². The third-order valence-electron chi connectivity index (χ3n) is 3.45. The van der Waals surface area contributed by atoms with Crippen LogP contribution in [0.5, 0.6) is 0 Å². The number of nitrogens with one attached hydrogen (secondary N) is 1. The van der Waals surface area contributed by atoms with Crippen molar-refractivity contribution in [2.24, 2.45) is 0 Å². The van der Waals surface area contributed by atoms with E-state index in [1.807, 2.05) is 0 Å². The number of hydrogen-bond acceptors (Lipinski definition) is 3. The lowest BCUT2D eigenvalue weighted by Crippen LogP contribution is -2.31.